The van der Waals surface area contributed by atoms with Crippen molar-refractivity contribution in [3.63, 3.8) is 0 Å². The van der Waals surface area contributed by atoms with Gasteiger partial charge < -0.3 is 8.94 Å². The van der Waals surface area contributed by atoms with Crippen molar-refractivity contribution in [2.24, 2.45) is 0 Å². The molecule has 98 valence electrons. The number of thiophene rings is 1. The lowest BCUT2D eigenvalue weighted by atomic mass is 10.3. The maximum absolute atomic E-state index is 12.0. The van der Waals surface area contributed by atoms with Crippen molar-refractivity contribution in [3.8, 4) is 10.6 Å². The molecule has 7 nitrogen and oxygen atoms in total. The highest BCUT2D eigenvalue weighted by Crippen LogP contribution is 2.30. The molecule has 3 rings (SSSR count). The van der Waals surface area contributed by atoms with Gasteiger partial charge in [-0.15, -0.1) is 11.3 Å². The Hall–Kier alpha value is -2.13. The fourth-order valence-electron chi connectivity index (χ4n) is 1.38. The first-order chi connectivity index (χ1) is 9.15. The Bertz CT molecular complexity index is 760. The van der Waals surface area contributed by atoms with Crippen LogP contribution in [0.4, 0.5) is 6.01 Å². The van der Waals surface area contributed by atoms with Gasteiger partial charge in [-0.05, 0) is 12.1 Å². The summed E-state index contributed by atoms with van der Waals surface area (Å²) in [6.07, 6.45) is 4.06. The number of hydrogen-bond donors (Lipinski definition) is 1. The maximum Gasteiger partial charge on any atom is 0.308 e. The van der Waals surface area contributed by atoms with Crippen molar-refractivity contribution in [2.75, 3.05) is 4.72 Å². The van der Waals surface area contributed by atoms with E-state index in [-0.39, 0.29) is 10.2 Å². The maximum atomic E-state index is 12.0. The van der Waals surface area contributed by atoms with Gasteiger partial charge in [0.2, 0.25) is 0 Å². The van der Waals surface area contributed by atoms with Gasteiger partial charge in [0.05, 0.1) is 11.1 Å². The lowest BCUT2D eigenvalue weighted by Gasteiger charge is -2.00. The molecule has 0 spiro atoms. The summed E-state index contributed by atoms with van der Waals surface area (Å²) in [6.45, 7) is 0. The van der Waals surface area contributed by atoms with Gasteiger partial charge >= 0.3 is 6.01 Å². The minimum atomic E-state index is -3.70. The molecule has 3 aromatic heterocycles. The molecule has 0 unspecified atom stereocenters. The van der Waals surface area contributed by atoms with E-state index in [1.54, 1.807) is 12.1 Å². The summed E-state index contributed by atoms with van der Waals surface area (Å²) < 4.78 is 36.0. The Morgan fingerprint density at radius 2 is 2.11 bits per heavy atom. The molecule has 0 saturated heterocycles. The first-order valence-corrected chi connectivity index (χ1v) is 7.38. The highest BCUT2D eigenvalue weighted by Gasteiger charge is 2.19. The molecule has 0 aliphatic carbocycles. The number of sulfonamides is 1. The molecular formula is C10H7N3O4S2. The van der Waals surface area contributed by atoms with Crippen molar-refractivity contribution in [1.29, 1.82) is 0 Å². The molecule has 0 aliphatic heterocycles. The molecule has 0 fully saturated rings. The topological polar surface area (TPSA) is 98.2 Å². The van der Waals surface area contributed by atoms with E-state index in [1.165, 1.54) is 24.8 Å². The smallest absolute Gasteiger partial charge is 0.308 e. The summed E-state index contributed by atoms with van der Waals surface area (Å²) in [4.78, 5) is 4.40. The molecule has 0 atom stereocenters. The third-order valence-electron chi connectivity index (χ3n) is 2.19. The molecule has 0 amide bonds. The average molecular weight is 297 g/mol. The summed E-state index contributed by atoms with van der Waals surface area (Å²) in [5.74, 6) is 0. The summed E-state index contributed by atoms with van der Waals surface area (Å²) in [7, 11) is -3.70. The van der Waals surface area contributed by atoms with Gasteiger partial charge in [-0.1, -0.05) is 5.16 Å². The molecule has 3 heterocycles. The van der Waals surface area contributed by atoms with Crippen LogP contribution >= 0.6 is 11.3 Å². The van der Waals surface area contributed by atoms with Gasteiger partial charge in [0.1, 0.15) is 22.4 Å². The SMILES string of the molecule is O=S(=O)(Nc1ncco1)c1ccc(-c2ccon2)s1. The third-order valence-corrected chi connectivity index (χ3v) is 5.11. The van der Waals surface area contributed by atoms with Crippen molar-refractivity contribution in [3.05, 3.63) is 36.9 Å². The molecule has 0 aromatic carbocycles. The van der Waals surface area contributed by atoms with Crippen LogP contribution in [0.3, 0.4) is 0 Å². The normalized spacial score (nSPS) is 11.6. The Labute approximate surface area is 111 Å². The van der Waals surface area contributed by atoms with Crippen LogP contribution in [0.15, 0.2) is 50.1 Å². The predicted molar refractivity (Wildman–Crippen MR) is 67.1 cm³/mol. The van der Waals surface area contributed by atoms with E-state index in [4.69, 9.17) is 8.94 Å². The standard InChI is InChI=1S/C10H7N3O4S2/c14-19(15,13-10-11-4-6-16-10)9-2-1-8(18-9)7-3-5-17-12-7/h1-6H,(H,11,13). The van der Waals surface area contributed by atoms with Crippen molar-refractivity contribution in [1.82, 2.24) is 10.1 Å². The third kappa shape index (κ3) is 2.37. The molecule has 0 radical (unpaired) electrons. The number of hydrogen-bond acceptors (Lipinski definition) is 7. The highest BCUT2D eigenvalue weighted by atomic mass is 32.2. The first kappa shape index (κ1) is 11.9. The van der Waals surface area contributed by atoms with Gasteiger partial charge in [0.15, 0.2) is 0 Å². The molecule has 0 bridgehead atoms. The van der Waals surface area contributed by atoms with Crippen LogP contribution in [0, 0.1) is 0 Å². The zero-order chi connectivity index (χ0) is 13.3. The second-order valence-electron chi connectivity index (χ2n) is 3.45. The monoisotopic (exact) mass is 297 g/mol. The summed E-state index contributed by atoms with van der Waals surface area (Å²) in [5.41, 5.74) is 0.586. The lowest BCUT2D eigenvalue weighted by Crippen LogP contribution is -2.11. The van der Waals surface area contributed by atoms with Crippen LogP contribution in [0.25, 0.3) is 10.6 Å². The Morgan fingerprint density at radius 3 is 2.79 bits per heavy atom. The fraction of sp³-hybridized carbons (Fsp3) is 0. The van der Waals surface area contributed by atoms with Gasteiger partial charge in [-0.2, -0.15) is 0 Å². The zero-order valence-electron chi connectivity index (χ0n) is 9.31. The Morgan fingerprint density at radius 1 is 1.21 bits per heavy atom. The summed E-state index contributed by atoms with van der Waals surface area (Å²) >= 11 is 1.08. The van der Waals surface area contributed by atoms with E-state index in [0.29, 0.717) is 10.6 Å². The Balaban J connectivity index is 1.90. The van der Waals surface area contributed by atoms with Crippen molar-refractivity contribution in [2.45, 2.75) is 4.21 Å². The second kappa shape index (κ2) is 4.52. The molecule has 19 heavy (non-hydrogen) atoms. The lowest BCUT2D eigenvalue weighted by molar-refractivity contribution is 0.422. The fourth-order valence-corrected chi connectivity index (χ4v) is 3.59. The minimum Gasteiger partial charge on any atom is -0.432 e. The predicted octanol–water partition coefficient (Wildman–Crippen LogP) is 2.19. The number of nitrogens with one attached hydrogen (secondary N) is 1. The van der Waals surface area contributed by atoms with Crippen LogP contribution < -0.4 is 4.72 Å². The highest BCUT2D eigenvalue weighted by molar-refractivity contribution is 7.94. The Kier molecular flexibility index (Phi) is 2.84. The van der Waals surface area contributed by atoms with Crippen LogP contribution in [0.2, 0.25) is 0 Å². The van der Waals surface area contributed by atoms with Crippen molar-refractivity contribution < 1.29 is 17.4 Å². The van der Waals surface area contributed by atoms with E-state index in [2.05, 4.69) is 14.9 Å². The van der Waals surface area contributed by atoms with Gasteiger partial charge in [0.25, 0.3) is 10.0 Å². The molecular weight excluding hydrogens is 290 g/mol. The largest absolute Gasteiger partial charge is 0.432 e. The van der Waals surface area contributed by atoms with Gasteiger partial charge in [-0.3, -0.25) is 0 Å². The number of nitrogens with zero attached hydrogens (tertiary/aromatic N) is 2. The number of rotatable bonds is 4. The van der Waals surface area contributed by atoms with Crippen molar-refractivity contribution >= 4 is 27.4 Å². The second-order valence-corrected chi connectivity index (χ2v) is 6.44. The minimum absolute atomic E-state index is 0.0728. The van der Waals surface area contributed by atoms with Crippen LogP contribution in [-0.2, 0) is 10.0 Å². The molecule has 9 heteroatoms. The van der Waals surface area contributed by atoms with Gasteiger partial charge in [0, 0.05) is 6.07 Å². The van der Waals surface area contributed by atoms with Crippen LogP contribution in [-0.4, -0.2) is 18.6 Å². The summed E-state index contributed by atoms with van der Waals surface area (Å²) in [6, 6.07) is 4.73. The molecule has 1 N–H and O–H groups in total. The number of aromatic nitrogens is 2. The first-order valence-electron chi connectivity index (χ1n) is 5.08. The quantitative estimate of drug-likeness (QED) is 0.792. The zero-order valence-corrected chi connectivity index (χ0v) is 10.9. The molecule has 3 aromatic rings. The average Bonchev–Trinajstić information content (AvgIpc) is 3.11. The molecule has 0 saturated carbocycles. The van der Waals surface area contributed by atoms with E-state index in [0.717, 1.165) is 11.3 Å². The van der Waals surface area contributed by atoms with E-state index >= 15 is 0 Å². The number of anilines is 1. The van der Waals surface area contributed by atoms with Crippen LogP contribution in [0.1, 0.15) is 0 Å². The van der Waals surface area contributed by atoms with E-state index in [9.17, 15) is 8.42 Å². The van der Waals surface area contributed by atoms with Crippen LogP contribution in [0.5, 0.6) is 0 Å². The summed E-state index contributed by atoms with van der Waals surface area (Å²) in [5, 5.41) is 3.75. The van der Waals surface area contributed by atoms with E-state index < -0.39 is 10.0 Å². The molecule has 0 aliphatic rings. The van der Waals surface area contributed by atoms with Gasteiger partial charge in [-0.25, -0.2) is 18.1 Å². The van der Waals surface area contributed by atoms with E-state index in [1.807, 2.05) is 0 Å². The number of oxazole rings is 1.